The number of aromatic carboxylic acids is 1. The number of carbonyl (C=O) groups excluding carboxylic acids is 5. The van der Waals surface area contributed by atoms with E-state index in [-0.39, 0.29) is 45.5 Å². The van der Waals surface area contributed by atoms with E-state index in [4.69, 9.17) is 29.0 Å². The standard InChI is InChI=1S/C39H47NO2.C34H36O3.C5H13N.C4H5NO2.C2H4O2.C2H6.CO2/c1-9-15-40(10-2)37(41)29-14-12-11-13-28(29)36-32-18-30-24(3)20-38(5,6)22-26(30)16-34(32)42-35-17-27-23-39(7,8)21-25(4)31(27)19-33(35)36;1-19-15-33(3,4)17-21-11-29-27(13-25(19)21)31(23-9-7-8-10-24(23)32(35)36)28-14-26-20(2)16-34(5,6)18-22(26)12-30(28)37-29;1-3-5-6-4-2;6-3-1-2-4(7)5-3;1-2(3)4;1-2;2-1-3/h11-14,16-19,22,24-25H,9-10,15,20-21,23H2,1-8H3;7-14,17,19-20H,15-16,18H2,1-6H3,(H,35,36);6H,3-5H2,1-2H3;1-2H2,(H,5,6,7);1H3,(H,3,4);1-2H3;. The van der Waals surface area contributed by atoms with Gasteiger partial charge in [0.2, 0.25) is 11.8 Å². The minimum absolute atomic E-state index is 0.103. The van der Waals surface area contributed by atoms with Crippen LogP contribution in [0.4, 0.5) is 0 Å². The van der Waals surface area contributed by atoms with E-state index in [1.807, 2.05) is 43.0 Å². The Labute approximate surface area is 599 Å². The highest BCUT2D eigenvalue weighted by molar-refractivity contribution is 6.03. The van der Waals surface area contributed by atoms with Crippen LogP contribution in [0, 0.1) is 21.7 Å². The molecule has 14 nitrogen and oxygen atoms in total. The normalized spacial score (nSPS) is 19.4. The van der Waals surface area contributed by atoms with Crippen molar-refractivity contribution in [1.29, 1.82) is 0 Å². The second-order valence-electron chi connectivity index (χ2n) is 31.1. The summed E-state index contributed by atoms with van der Waals surface area (Å²) in [6, 6.07) is 33.9. The van der Waals surface area contributed by atoms with Crippen molar-refractivity contribution < 1.29 is 53.2 Å². The lowest BCUT2D eigenvalue weighted by molar-refractivity contribution is -0.191. The van der Waals surface area contributed by atoms with Gasteiger partial charge in [-0.15, -0.1) is 0 Å². The zero-order valence-corrected chi connectivity index (χ0v) is 63.6. The molecule has 14 heteroatoms. The molecule has 13 rings (SSSR count). The van der Waals surface area contributed by atoms with Crippen LogP contribution in [-0.2, 0) is 36.8 Å². The van der Waals surface area contributed by atoms with Gasteiger partial charge in [-0.05, 0) is 232 Å². The van der Waals surface area contributed by atoms with Gasteiger partial charge in [0, 0.05) is 71.1 Å². The molecular weight excluding hydrogens is 1260 g/mol. The van der Waals surface area contributed by atoms with E-state index in [0.29, 0.717) is 48.6 Å². The molecule has 0 aromatic heterocycles. The van der Waals surface area contributed by atoms with E-state index in [1.54, 1.807) is 12.1 Å². The van der Waals surface area contributed by atoms with Gasteiger partial charge in [0.25, 0.3) is 11.9 Å². The highest BCUT2D eigenvalue weighted by atomic mass is 16.5. The maximum absolute atomic E-state index is 14.0. The third kappa shape index (κ3) is 19.3. The van der Waals surface area contributed by atoms with Gasteiger partial charge in [-0.1, -0.05) is 166 Å². The number of fused-ring (bicyclic) bond motifs is 8. The van der Waals surface area contributed by atoms with Crippen molar-refractivity contribution in [3.05, 3.63) is 185 Å². The summed E-state index contributed by atoms with van der Waals surface area (Å²) >= 11 is 0. The van der Waals surface area contributed by atoms with E-state index < -0.39 is 11.9 Å². The predicted molar refractivity (Wildman–Crippen MR) is 404 cm³/mol. The van der Waals surface area contributed by atoms with E-state index in [0.717, 1.165) is 137 Å². The molecule has 0 bridgehead atoms. The van der Waals surface area contributed by atoms with Gasteiger partial charge in [0.05, 0.1) is 5.56 Å². The Hall–Kier alpha value is -8.71. The highest BCUT2D eigenvalue weighted by Crippen LogP contribution is 2.50. The molecule has 3 amide bonds. The maximum Gasteiger partial charge on any atom is 0.373 e. The molecule has 4 N–H and O–H groups in total. The third-order valence-corrected chi connectivity index (χ3v) is 19.9. The second-order valence-corrected chi connectivity index (χ2v) is 31.1. The van der Waals surface area contributed by atoms with E-state index >= 15 is 0 Å². The molecule has 0 radical (unpaired) electrons. The average molecular weight is 1370 g/mol. The molecule has 1 fully saturated rings. The summed E-state index contributed by atoms with van der Waals surface area (Å²) < 4.78 is 13.5. The summed E-state index contributed by atoms with van der Waals surface area (Å²) in [6.45, 7) is 45.3. The number of rotatable bonds is 10. The minimum Gasteiger partial charge on any atom is -0.481 e. The number of aliphatic carboxylic acids is 1. The summed E-state index contributed by atoms with van der Waals surface area (Å²) in [5, 5.41) is 27.5. The number of imide groups is 1. The lowest BCUT2D eigenvalue weighted by Crippen LogP contribution is -2.33. The fraction of sp³-hybridized carbons (Fsp3) is 0.471. The molecule has 3 heterocycles. The monoisotopic (exact) mass is 1370 g/mol. The van der Waals surface area contributed by atoms with Gasteiger partial charge < -0.3 is 29.9 Å². The first kappa shape index (κ1) is 79.6. The number of hydrogen-bond donors (Lipinski definition) is 4. The Morgan fingerprint density at radius 3 is 1.31 bits per heavy atom. The molecule has 7 aliphatic rings. The van der Waals surface area contributed by atoms with Crippen LogP contribution in [0.15, 0.2) is 97.1 Å². The van der Waals surface area contributed by atoms with Crippen molar-refractivity contribution in [1.82, 2.24) is 15.5 Å². The summed E-state index contributed by atoms with van der Waals surface area (Å²) in [6.07, 6.45) is 14.5. The fourth-order valence-corrected chi connectivity index (χ4v) is 16.3. The largest absolute Gasteiger partial charge is 0.481 e. The number of hydrogen-bond acceptors (Lipinski definition) is 10. The third-order valence-electron chi connectivity index (χ3n) is 19.9. The number of carboxylic acids is 2. The van der Waals surface area contributed by atoms with Crippen LogP contribution in [0.2, 0.25) is 0 Å². The first-order valence-corrected chi connectivity index (χ1v) is 36.6. The zero-order chi connectivity index (χ0) is 74.6. The zero-order valence-electron chi connectivity index (χ0n) is 63.6. The molecule has 3 aliphatic heterocycles. The van der Waals surface area contributed by atoms with Gasteiger partial charge in [-0.3, -0.25) is 24.5 Å². The van der Waals surface area contributed by atoms with Crippen LogP contribution in [0.25, 0.3) is 23.3 Å². The van der Waals surface area contributed by atoms with E-state index in [2.05, 4.69) is 194 Å². The first-order valence-electron chi connectivity index (χ1n) is 36.6. The lowest BCUT2D eigenvalue weighted by atomic mass is 9.69. The molecule has 6 aromatic carbocycles. The second kappa shape index (κ2) is 33.8. The number of nitrogens with one attached hydrogen (secondary N) is 2. The average Bonchev–Trinajstić information content (AvgIpc) is 1.13. The molecule has 101 heavy (non-hydrogen) atoms. The Morgan fingerprint density at radius 1 is 0.554 bits per heavy atom. The molecule has 1 saturated heterocycles. The number of carbonyl (C=O) groups is 5. The minimum atomic E-state index is -0.910. The van der Waals surface area contributed by atoms with Crippen molar-refractivity contribution in [3.8, 4) is 23.0 Å². The first-order chi connectivity index (χ1) is 47.7. The van der Waals surface area contributed by atoms with Crippen molar-refractivity contribution in [2.24, 2.45) is 21.7 Å². The van der Waals surface area contributed by atoms with Gasteiger partial charge in [0.1, 0.15) is 23.0 Å². The predicted octanol–water partition coefficient (Wildman–Crippen LogP) is 16.4. The number of nitrogens with zero attached hydrogens (tertiary/aromatic N) is 1. The number of amides is 3. The van der Waals surface area contributed by atoms with E-state index in [9.17, 15) is 24.3 Å². The Bertz CT molecular complexity index is 4350. The molecule has 4 atom stereocenters. The topological polar surface area (TPSA) is 206 Å². The number of benzene rings is 6. The highest BCUT2D eigenvalue weighted by Gasteiger charge is 2.37. The quantitative estimate of drug-likeness (QED) is 0.0746. The van der Waals surface area contributed by atoms with Crippen molar-refractivity contribution in [3.63, 3.8) is 0 Å². The number of ether oxygens (including phenoxy) is 2. The van der Waals surface area contributed by atoms with Crippen LogP contribution in [0.1, 0.15) is 283 Å². The van der Waals surface area contributed by atoms with Crippen molar-refractivity contribution >= 4 is 59.1 Å². The van der Waals surface area contributed by atoms with Crippen LogP contribution in [0.3, 0.4) is 0 Å². The Morgan fingerprint density at radius 2 is 0.950 bits per heavy atom. The number of carboxylic acid groups (broad SMARTS) is 2. The Balaban J connectivity index is 0.000000220. The SMILES string of the molecule is CC.CC(=O)O.CC1CC(C)(C)Cc2cc3c(cc21)C(c1ccccc1C(=O)O)=c1cc2c(cc1O3)=CC(C)(C)CC2C.CCCN(CC)C(=O)c1ccccc1C1=c2cc3c(cc2Oc2cc4c(cc21)C(C)CC(C)(C)C4)=CC(C)(C)CC3C.CCCNCC.O=C1CCC(=O)N1.O=C=O. The van der Waals surface area contributed by atoms with E-state index in [1.165, 1.54) is 56.7 Å². The molecular formula is C87H111N3O11. The molecule has 540 valence electrons. The summed E-state index contributed by atoms with van der Waals surface area (Å²) in [5.41, 5.74) is 16.0. The summed E-state index contributed by atoms with van der Waals surface area (Å²) in [4.78, 5) is 73.9. The van der Waals surface area contributed by atoms with Crippen LogP contribution < -0.4 is 41.0 Å². The van der Waals surface area contributed by atoms with Crippen LogP contribution >= 0.6 is 0 Å². The van der Waals surface area contributed by atoms with Gasteiger partial charge in [-0.2, -0.15) is 9.59 Å². The van der Waals surface area contributed by atoms with Gasteiger partial charge in [-0.25, -0.2) is 4.79 Å². The summed E-state index contributed by atoms with van der Waals surface area (Å²) in [5.74, 6) is 3.25. The Kier molecular flexibility index (Phi) is 26.7. The molecule has 4 aliphatic carbocycles. The van der Waals surface area contributed by atoms with Gasteiger partial charge >= 0.3 is 12.1 Å². The maximum atomic E-state index is 14.0. The van der Waals surface area contributed by atoms with Crippen LogP contribution in [0.5, 0.6) is 23.0 Å². The molecule has 4 unspecified atom stereocenters. The smallest absolute Gasteiger partial charge is 0.373 e. The molecule has 6 aromatic rings. The van der Waals surface area contributed by atoms with Crippen molar-refractivity contribution in [2.75, 3.05) is 26.2 Å². The van der Waals surface area contributed by atoms with Crippen LogP contribution in [-0.4, -0.2) is 77.1 Å². The fourth-order valence-electron chi connectivity index (χ4n) is 16.3. The lowest BCUT2D eigenvalue weighted by Gasteiger charge is -2.37. The van der Waals surface area contributed by atoms with Gasteiger partial charge in [0.15, 0.2) is 0 Å². The molecule has 0 spiro atoms. The van der Waals surface area contributed by atoms with Crippen molar-refractivity contribution in [2.45, 2.75) is 219 Å². The molecule has 0 saturated carbocycles. The summed E-state index contributed by atoms with van der Waals surface area (Å²) in [7, 11) is 0.